The molecule has 1 heterocycles. The van der Waals surface area contributed by atoms with Crippen molar-refractivity contribution in [3.05, 3.63) is 118 Å². The molecule has 0 aliphatic carbocycles. The van der Waals surface area contributed by atoms with Crippen molar-refractivity contribution in [3.8, 4) is 0 Å². The van der Waals surface area contributed by atoms with Crippen LogP contribution in [0.25, 0.3) is 10.4 Å². The summed E-state index contributed by atoms with van der Waals surface area (Å²) >= 11 is 0. The molecule has 0 spiro atoms. The van der Waals surface area contributed by atoms with E-state index in [1.54, 1.807) is 91.0 Å². The Morgan fingerprint density at radius 3 is 1.54 bits per heavy atom. The molecule has 0 saturated carbocycles. The highest BCUT2D eigenvalue weighted by atomic mass is 16.7. The predicted octanol–water partition coefficient (Wildman–Crippen LogP) is 4.34. The third-order valence-electron chi connectivity index (χ3n) is 5.91. The molecule has 4 rings (SSSR count). The Kier molecular flexibility index (Phi) is 9.25. The Bertz CT molecular complexity index is 1320. The highest BCUT2D eigenvalue weighted by molar-refractivity contribution is 5.91. The van der Waals surface area contributed by atoms with Gasteiger partial charge in [0.25, 0.3) is 0 Å². The first-order chi connectivity index (χ1) is 19.0. The van der Waals surface area contributed by atoms with Crippen LogP contribution in [0.3, 0.4) is 0 Å². The van der Waals surface area contributed by atoms with E-state index in [4.69, 9.17) is 29.2 Å². The quantitative estimate of drug-likeness (QED) is 0.130. The molecule has 200 valence electrons. The van der Waals surface area contributed by atoms with Gasteiger partial charge in [-0.1, -0.05) is 59.7 Å². The SMILES string of the molecule is CO[C@H]1OC(CN=[N+]=[N-])[C@@H](OC(=O)c2ccccc2)[C@H](OC(=O)c2ccccc2)C1OC(=O)c1ccccc1. The molecule has 1 saturated heterocycles. The number of benzene rings is 3. The molecule has 0 amide bonds. The summed E-state index contributed by atoms with van der Waals surface area (Å²) in [6.45, 7) is -0.290. The van der Waals surface area contributed by atoms with Gasteiger partial charge >= 0.3 is 17.9 Å². The Balaban J connectivity index is 1.72. The van der Waals surface area contributed by atoms with E-state index in [-0.39, 0.29) is 23.2 Å². The number of methoxy groups -OCH3 is 1. The van der Waals surface area contributed by atoms with Crippen LogP contribution in [0.1, 0.15) is 31.1 Å². The van der Waals surface area contributed by atoms with Crippen LogP contribution in [0.15, 0.2) is 96.1 Å². The second-order valence-electron chi connectivity index (χ2n) is 8.40. The molecule has 2 unspecified atom stereocenters. The zero-order valence-electron chi connectivity index (χ0n) is 20.9. The third-order valence-corrected chi connectivity index (χ3v) is 5.91. The topological polar surface area (TPSA) is 146 Å². The zero-order chi connectivity index (χ0) is 27.6. The minimum absolute atomic E-state index is 0.214. The van der Waals surface area contributed by atoms with Crippen molar-refractivity contribution in [3.63, 3.8) is 0 Å². The van der Waals surface area contributed by atoms with Crippen molar-refractivity contribution in [2.75, 3.05) is 13.7 Å². The highest BCUT2D eigenvalue weighted by Crippen LogP contribution is 2.31. The smallest absolute Gasteiger partial charge is 0.338 e. The third kappa shape index (κ3) is 6.79. The van der Waals surface area contributed by atoms with Crippen LogP contribution in [0.2, 0.25) is 0 Å². The number of ether oxygens (including phenoxy) is 5. The molecule has 39 heavy (non-hydrogen) atoms. The van der Waals surface area contributed by atoms with Crippen molar-refractivity contribution < 1.29 is 38.1 Å². The maximum atomic E-state index is 13.2. The fourth-order valence-corrected chi connectivity index (χ4v) is 4.03. The van der Waals surface area contributed by atoms with Crippen LogP contribution >= 0.6 is 0 Å². The first kappa shape index (κ1) is 27.3. The summed E-state index contributed by atoms with van der Waals surface area (Å²) in [6.07, 6.45) is -6.44. The molecule has 1 aliphatic rings. The van der Waals surface area contributed by atoms with Gasteiger partial charge in [0, 0.05) is 12.0 Å². The first-order valence-electron chi connectivity index (χ1n) is 12.0. The van der Waals surface area contributed by atoms with Gasteiger partial charge in [0.2, 0.25) is 0 Å². The van der Waals surface area contributed by atoms with Gasteiger partial charge in [-0.25, -0.2) is 14.4 Å². The molecular weight excluding hydrogens is 506 g/mol. The number of esters is 3. The summed E-state index contributed by atoms with van der Waals surface area (Å²) < 4.78 is 28.7. The summed E-state index contributed by atoms with van der Waals surface area (Å²) in [6, 6.07) is 24.4. The van der Waals surface area contributed by atoms with Crippen LogP contribution in [0.4, 0.5) is 0 Å². The number of hydrogen-bond donors (Lipinski definition) is 0. The largest absolute Gasteiger partial charge is 0.452 e. The molecule has 11 heteroatoms. The van der Waals surface area contributed by atoms with Crippen LogP contribution in [0.5, 0.6) is 0 Å². The van der Waals surface area contributed by atoms with Gasteiger partial charge in [0.1, 0.15) is 6.10 Å². The number of rotatable bonds is 9. The fourth-order valence-electron chi connectivity index (χ4n) is 4.03. The average molecular weight is 532 g/mol. The van der Waals surface area contributed by atoms with Crippen LogP contribution in [0, 0.1) is 0 Å². The molecule has 0 radical (unpaired) electrons. The first-order valence-corrected chi connectivity index (χ1v) is 12.0. The van der Waals surface area contributed by atoms with Gasteiger partial charge in [0.15, 0.2) is 24.6 Å². The van der Waals surface area contributed by atoms with Gasteiger partial charge in [-0.05, 0) is 41.9 Å². The maximum absolute atomic E-state index is 13.2. The van der Waals surface area contributed by atoms with Gasteiger partial charge in [-0.15, -0.1) is 0 Å². The van der Waals surface area contributed by atoms with E-state index in [2.05, 4.69) is 10.0 Å². The van der Waals surface area contributed by atoms with Crippen molar-refractivity contribution in [2.45, 2.75) is 30.7 Å². The van der Waals surface area contributed by atoms with Crippen LogP contribution < -0.4 is 0 Å². The van der Waals surface area contributed by atoms with E-state index >= 15 is 0 Å². The highest BCUT2D eigenvalue weighted by Gasteiger charge is 2.52. The van der Waals surface area contributed by atoms with Crippen molar-refractivity contribution in [1.82, 2.24) is 0 Å². The van der Waals surface area contributed by atoms with E-state index in [0.717, 1.165) is 0 Å². The summed E-state index contributed by atoms with van der Waals surface area (Å²) in [5.74, 6) is -2.25. The summed E-state index contributed by atoms with van der Waals surface area (Å²) in [5, 5.41) is 3.56. The van der Waals surface area contributed by atoms with Crippen molar-refractivity contribution in [2.24, 2.45) is 5.11 Å². The standard InChI is InChI=1S/C28H25N3O8/c1-35-28-24(39-27(34)20-15-9-4-10-16-20)23(38-26(33)19-13-7-3-8-14-19)22(21(36-28)17-30-31-29)37-25(32)18-11-5-2-6-12-18/h2-16,21-24,28H,17H2,1H3/t21?,22-,23+,24?,28+/m1/s1. The molecule has 5 atom stereocenters. The lowest BCUT2D eigenvalue weighted by Gasteiger charge is -2.44. The van der Waals surface area contributed by atoms with Crippen molar-refractivity contribution >= 4 is 17.9 Å². The molecule has 0 bridgehead atoms. The Morgan fingerprint density at radius 2 is 1.13 bits per heavy atom. The molecule has 0 aromatic heterocycles. The molecule has 1 aliphatic heterocycles. The van der Waals surface area contributed by atoms with Crippen LogP contribution in [-0.2, 0) is 23.7 Å². The predicted molar refractivity (Wildman–Crippen MR) is 137 cm³/mol. The minimum Gasteiger partial charge on any atom is -0.452 e. The lowest BCUT2D eigenvalue weighted by molar-refractivity contribution is -0.285. The van der Waals surface area contributed by atoms with Gasteiger partial charge in [-0.3, -0.25) is 0 Å². The van der Waals surface area contributed by atoms with E-state index in [0.29, 0.717) is 0 Å². The Hall–Kier alpha value is -4.70. The minimum atomic E-state index is -1.39. The zero-order valence-corrected chi connectivity index (χ0v) is 20.9. The monoisotopic (exact) mass is 531 g/mol. The van der Waals surface area contributed by atoms with E-state index in [1.165, 1.54) is 7.11 Å². The Morgan fingerprint density at radius 1 is 0.718 bits per heavy atom. The molecule has 1 fully saturated rings. The molecule has 3 aromatic rings. The number of nitrogens with zero attached hydrogens (tertiary/aromatic N) is 3. The lowest BCUT2D eigenvalue weighted by Crippen LogP contribution is -2.62. The Labute approximate surface area is 223 Å². The number of hydrogen-bond acceptors (Lipinski definition) is 9. The van der Waals surface area contributed by atoms with E-state index < -0.39 is 48.6 Å². The van der Waals surface area contributed by atoms with Crippen molar-refractivity contribution in [1.29, 1.82) is 0 Å². The molecule has 0 N–H and O–H groups in total. The number of azide groups is 1. The maximum Gasteiger partial charge on any atom is 0.338 e. The average Bonchev–Trinajstić information content (AvgIpc) is 2.99. The van der Waals surface area contributed by atoms with E-state index in [9.17, 15) is 14.4 Å². The van der Waals surface area contributed by atoms with E-state index in [1.807, 2.05) is 0 Å². The summed E-state index contributed by atoms with van der Waals surface area (Å²) in [4.78, 5) is 42.0. The van der Waals surface area contributed by atoms with Crippen LogP contribution in [-0.4, -0.2) is 62.3 Å². The summed E-state index contributed by atoms with van der Waals surface area (Å²) in [7, 11) is 1.31. The molecular formula is C28H25N3O8. The summed E-state index contributed by atoms with van der Waals surface area (Å²) in [5.41, 5.74) is 9.60. The lowest BCUT2D eigenvalue weighted by atomic mass is 9.97. The second kappa shape index (κ2) is 13.2. The van der Waals surface area contributed by atoms with Gasteiger partial charge < -0.3 is 23.7 Å². The van der Waals surface area contributed by atoms with Gasteiger partial charge in [0.05, 0.1) is 23.2 Å². The fraction of sp³-hybridized carbons (Fsp3) is 0.250. The number of carbonyl (C=O) groups is 3. The molecule has 11 nitrogen and oxygen atoms in total. The van der Waals surface area contributed by atoms with Gasteiger partial charge in [-0.2, -0.15) is 0 Å². The second-order valence-corrected chi connectivity index (χ2v) is 8.40. The normalized spacial score (nSPS) is 22.1. The number of carbonyl (C=O) groups excluding carboxylic acids is 3. The molecule has 3 aromatic carbocycles.